The molecule has 0 spiro atoms. The Hall–Kier alpha value is -0.120. The summed E-state index contributed by atoms with van der Waals surface area (Å²) in [5, 5.41) is 0. The van der Waals surface area contributed by atoms with Crippen LogP contribution in [-0.4, -0.2) is 42.3 Å². The number of nitrogens with two attached hydrogens (primary N) is 1. The Balaban J connectivity index is 1.92. The Bertz CT molecular complexity index is 222. The summed E-state index contributed by atoms with van der Waals surface area (Å²) in [4.78, 5) is 2.68. The molecule has 94 valence electrons. The van der Waals surface area contributed by atoms with Gasteiger partial charge in [0.1, 0.15) is 0 Å². The third-order valence-corrected chi connectivity index (χ3v) is 4.06. The Morgan fingerprint density at radius 2 is 2.00 bits per heavy atom. The minimum absolute atomic E-state index is 0.275. The second-order valence-corrected chi connectivity index (χ2v) is 5.34. The lowest BCUT2D eigenvalue weighted by Gasteiger charge is -2.54. The van der Waals surface area contributed by atoms with Gasteiger partial charge in [-0.15, -0.1) is 0 Å². The highest BCUT2D eigenvalue weighted by molar-refractivity contribution is 5.08. The summed E-state index contributed by atoms with van der Waals surface area (Å²) in [5.41, 5.74) is 6.30. The van der Waals surface area contributed by atoms with E-state index in [1.807, 2.05) is 0 Å². The van der Waals surface area contributed by atoms with Crippen molar-refractivity contribution in [3.63, 3.8) is 0 Å². The van der Waals surface area contributed by atoms with Crippen LogP contribution in [0.5, 0.6) is 0 Å². The molecule has 0 aromatic heterocycles. The molecule has 2 saturated carbocycles. The van der Waals surface area contributed by atoms with Crippen molar-refractivity contribution in [3.8, 4) is 0 Å². The fraction of sp³-hybridized carbons (Fsp3) is 1.00. The van der Waals surface area contributed by atoms with Crippen LogP contribution in [0.15, 0.2) is 0 Å². The molecule has 16 heavy (non-hydrogen) atoms. The lowest BCUT2D eigenvalue weighted by molar-refractivity contribution is -0.103. The molecule has 2 fully saturated rings. The van der Waals surface area contributed by atoms with Crippen LogP contribution in [0, 0.1) is 0 Å². The quantitative estimate of drug-likeness (QED) is 0.719. The Kier molecular flexibility index (Phi) is 3.88. The smallest absolute Gasteiger partial charge is 0.0611 e. The average molecular weight is 226 g/mol. The van der Waals surface area contributed by atoms with Gasteiger partial charge in [-0.25, -0.2) is 0 Å². The van der Waals surface area contributed by atoms with Crippen molar-refractivity contribution in [2.45, 2.75) is 63.6 Å². The van der Waals surface area contributed by atoms with Crippen molar-refractivity contribution in [2.75, 3.05) is 19.7 Å². The molecule has 3 heteroatoms. The van der Waals surface area contributed by atoms with Crippen molar-refractivity contribution >= 4 is 0 Å². The van der Waals surface area contributed by atoms with Crippen LogP contribution in [0.25, 0.3) is 0 Å². The van der Waals surface area contributed by atoms with Gasteiger partial charge < -0.3 is 10.5 Å². The van der Waals surface area contributed by atoms with E-state index >= 15 is 0 Å². The fourth-order valence-electron chi connectivity index (χ4n) is 3.09. The van der Waals surface area contributed by atoms with E-state index in [2.05, 4.69) is 18.7 Å². The Labute approximate surface area is 99.3 Å². The van der Waals surface area contributed by atoms with Crippen LogP contribution in [-0.2, 0) is 4.74 Å². The fourth-order valence-corrected chi connectivity index (χ4v) is 3.09. The third kappa shape index (κ3) is 2.27. The summed E-state index contributed by atoms with van der Waals surface area (Å²) in [6, 6.07) is 0.825. The Morgan fingerprint density at radius 3 is 2.44 bits per heavy atom. The second-order valence-electron chi connectivity index (χ2n) is 5.34. The third-order valence-electron chi connectivity index (χ3n) is 4.06. The van der Waals surface area contributed by atoms with E-state index < -0.39 is 0 Å². The van der Waals surface area contributed by atoms with E-state index in [1.165, 1.54) is 25.8 Å². The summed E-state index contributed by atoms with van der Waals surface area (Å²) in [7, 11) is 0. The highest BCUT2D eigenvalue weighted by atomic mass is 16.5. The lowest BCUT2D eigenvalue weighted by atomic mass is 9.72. The molecule has 0 bridgehead atoms. The molecule has 2 rings (SSSR count). The highest BCUT2D eigenvalue weighted by Gasteiger charge is 2.51. The van der Waals surface area contributed by atoms with Gasteiger partial charge in [0.15, 0.2) is 0 Å². The first kappa shape index (κ1) is 12.3. The molecule has 0 unspecified atom stereocenters. The molecule has 2 aliphatic rings. The second kappa shape index (κ2) is 5.03. The molecular weight excluding hydrogens is 200 g/mol. The van der Waals surface area contributed by atoms with Gasteiger partial charge in [-0.05, 0) is 45.6 Å². The van der Waals surface area contributed by atoms with E-state index in [9.17, 15) is 0 Å². The number of hydrogen-bond acceptors (Lipinski definition) is 3. The first-order chi connectivity index (χ1) is 7.75. The zero-order chi connectivity index (χ0) is 11.6. The predicted octanol–water partition coefficient (Wildman–Crippen LogP) is 1.76. The number of hydrogen-bond donors (Lipinski definition) is 1. The monoisotopic (exact) mass is 226 g/mol. The molecule has 0 amide bonds. The summed E-state index contributed by atoms with van der Waals surface area (Å²) < 4.78 is 5.68. The van der Waals surface area contributed by atoms with Crippen molar-refractivity contribution in [2.24, 2.45) is 5.73 Å². The van der Waals surface area contributed by atoms with Gasteiger partial charge >= 0.3 is 0 Å². The first-order valence-corrected chi connectivity index (χ1v) is 6.84. The summed E-state index contributed by atoms with van der Waals surface area (Å²) >= 11 is 0. The van der Waals surface area contributed by atoms with E-state index in [0.29, 0.717) is 6.10 Å². The first-order valence-electron chi connectivity index (χ1n) is 6.84. The SMILES string of the molecule is CCCN(C1CC1)C1(CN)CC(OCC)C1. The van der Waals surface area contributed by atoms with Gasteiger partial charge in [-0.2, -0.15) is 0 Å². The zero-order valence-electron chi connectivity index (χ0n) is 10.7. The summed E-state index contributed by atoms with van der Waals surface area (Å²) in [5.74, 6) is 0. The van der Waals surface area contributed by atoms with E-state index in [4.69, 9.17) is 10.5 Å². The molecule has 0 radical (unpaired) electrons. The van der Waals surface area contributed by atoms with Gasteiger partial charge in [0, 0.05) is 24.7 Å². The van der Waals surface area contributed by atoms with E-state index in [0.717, 1.165) is 32.0 Å². The maximum absolute atomic E-state index is 6.03. The highest BCUT2D eigenvalue weighted by Crippen LogP contribution is 2.44. The van der Waals surface area contributed by atoms with Gasteiger partial charge in [-0.1, -0.05) is 6.92 Å². The molecule has 0 aliphatic heterocycles. The van der Waals surface area contributed by atoms with Crippen LogP contribution in [0.1, 0.15) is 46.0 Å². The molecular formula is C13H26N2O. The number of rotatable bonds is 7. The van der Waals surface area contributed by atoms with E-state index in [-0.39, 0.29) is 5.54 Å². The van der Waals surface area contributed by atoms with Crippen molar-refractivity contribution in [1.82, 2.24) is 4.90 Å². The standard InChI is InChI=1S/C13H26N2O/c1-3-7-15(11-5-6-11)13(10-14)8-12(9-13)16-4-2/h11-12H,3-10,14H2,1-2H3. The largest absolute Gasteiger partial charge is 0.378 e. The van der Waals surface area contributed by atoms with Crippen LogP contribution in [0.3, 0.4) is 0 Å². The molecule has 0 heterocycles. The average Bonchev–Trinajstić information content (AvgIpc) is 3.04. The normalized spacial score (nSPS) is 34.1. The predicted molar refractivity (Wildman–Crippen MR) is 66.5 cm³/mol. The maximum atomic E-state index is 6.03. The van der Waals surface area contributed by atoms with E-state index in [1.54, 1.807) is 0 Å². The number of nitrogens with zero attached hydrogens (tertiary/aromatic N) is 1. The van der Waals surface area contributed by atoms with Gasteiger partial charge in [0.25, 0.3) is 0 Å². The minimum atomic E-state index is 0.275. The van der Waals surface area contributed by atoms with Crippen LogP contribution >= 0.6 is 0 Å². The van der Waals surface area contributed by atoms with Crippen molar-refractivity contribution < 1.29 is 4.74 Å². The van der Waals surface area contributed by atoms with Crippen LogP contribution in [0.2, 0.25) is 0 Å². The lowest BCUT2D eigenvalue weighted by Crippen LogP contribution is -2.64. The molecule has 0 saturated heterocycles. The number of ether oxygens (including phenoxy) is 1. The van der Waals surface area contributed by atoms with Crippen LogP contribution in [0.4, 0.5) is 0 Å². The van der Waals surface area contributed by atoms with Gasteiger partial charge in [0.05, 0.1) is 6.10 Å². The Morgan fingerprint density at radius 1 is 1.31 bits per heavy atom. The summed E-state index contributed by atoms with van der Waals surface area (Å²) in [6.45, 7) is 7.18. The van der Waals surface area contributed by atoms with Crippen molar-refractivity contribution in [1.29, 1.82) is 0 Å². The van der Waals surface area contributed by atoms with Gasteiger partial charge in [-0.3, -0.25) is 4.90 Å². The molecule has 0 aromatic carbocycles. The molecule has 2 N–H and O–H groups in total. The topological polar surface area (TPSA) is 38.5 Å². The minimum Gasteiger partial charge on any atom is -0.378 e. The molecule has 3 nitrogen and oxygen atoms in total. The van der Waals surface area contributed by atoms with Crippen molar-refractivity contribution in [3.05, 3.63) is 0 Å². The van der Waals surface area contributed by atoms with Gasteiger partial charge in [0.2, 0.25) is 0 Å². The summed E-state index contributed by atoms with van der Waals surface area (Å²) in [6.07, 6.45) is 6.74. The molecule has 0 atom stereocenters. The van der Waals surface area contributed by atoms with Crippen LogP contribution < -0.4 is 5.73 Å². The molecule has 2 aliphatic carbocycles. The maximum Gasteiger partial charge on any atom is 0.0611 e. The molecule has 0 aromatic rings. The zero-order valence-corrected chi connectivity index (χ0v) is 10.7.